The van der Waals surface area contributed by atoms with Crippen molar-refractivity contribution >= 4 is 28.6 Å². The Bertz CT molecular complexity index is 505. The number of hydrogen-bond donors (Lipinski definition) is 2. The summed E-state index contributed by atoms with van der Waals surface area (Å²) in [5.74, 6) is 0.694. The van der Waals surface area contributed by atoms with Gasteiger partial charge in [0.2, 0.25) is 5.28 Å². The van der Waals surface area contributed by atoms with E-state index < -0.39 is 0 Å². The molecule has 0 amide bonds. The SMILES string of the molecule is CCC(C)(C)Nc1nc(Cl)nc2nc[nH]c12. The topological polar surface area (TPSA) is 66.5 Å². The number of rotatable bonds is 3. The minimum Gasteiger partial charge on any atom is -0.363 e. The van der Waals surface area contributed by atoms with Gasteiger partial charge in [-0.25, -0.2) is 4.98 Å². The molecule has 6 heteroatoms. The molecule has 0 aliphatic heterocycles. The fourth-order valence-corrected chi connectivity index (χ4v) is 1.47. The minimum atomic E-state index is -0.0459. The van der Waals surface area contributed by atoms with Gasteiger partial charge in [-0.2, -0.15) is 9.97 Å². The van der Waals surface area contributed by atoms with E-state index in [0.717, 1.165) is 11.9 Å². The summed E-state index contributed by atoms with van der Waals surface area (Å²) in [6, 6.07) is 0. The predicted octanol–water partition coefficient (Wildman–Crippen LogP) is 2.61. The standard InChI is InChI=1S/C10H14ClN5/c1-4-10(2,3)16-8-6-7(13-5-12-6)14-9(11)15-8/h5H,4H2,1-3H3,(H2,12,13,14,15,16). The van der Waals surface area contributed by atoms with Crippen LogP contribution in [0, 0.1) is 0 Å². The smallest absolute Gasteiger partial charge is 0.226 e. The number of nitrogens with zero attached hydrogens (tertiary/aromatic N) is 3. The first kappa shape index (κ1) is 11.1. The summed E-state index contributed by atoms with van der Waals surface area (Å²) >= 11 is 5.84. The van der Waals surface area contributed by atoms with Gasteiger partial charge in [0, 0.05) is 5.54 Å². The van der Waals surface area contributed by atoms with E-state index >= 15 is 0 Å². The Kier molecular flexibility index (Phi) is 2.71. The van der Waals surface area contributed by atoms with E-state index in [0.29, 0.717) is 11.5 Å². The number of fused-ring (bicyclic) bond motifs is 1. The van der Waals surface area contributed by atoms with Gasteiger partial charge in [0.15, 0.2) is 11.5 Å². The lowest BCUT2D eigenvalue weighted by molar-refractivity contribution is 0.545. The van der Waals surface area contributed by atoms with Gasteiger partial charge >= 0.3 is 0 Å². The molecule has 0 bridgehead atoms. The second-order valence-corrected chi connectivity index (χ2v) is 4.64. The summed E-state index contributed by atoms with van der Waals surface area (Å²) in [4.78, 5) is 15.3. The van der Waals surface area contributed by atoms with Crippen molar-refractivity contribution in [1.29, 1.82) is 0 Å². The molecule has 2 heterocycles. The van der Waals surface area contributed by atoms with E-state index in [1.807, 2.05) is 0 Å². The van der Waals surface area contributed by atoms with Gasteiger partial charge in [0.25, 0.3) is 0 Å². The molecule has 0 atom stereocenters. The summed E-state index contributed by atoms with van der Waals surface area (Å²) in [6.45, 7) is 6.32. The molecule has 0 saturated heterocycles. The molecule has 86 valence electrons. The number of anilines is 1. The zero-order valence-electron chi connectivity index (χ0n) is 9.50. The van der Waals surface area contributed by atoms with Crippen LogP contribution in [0.25, 0.3) is 11.2 Å². The van der Waals surface area contributed by atoms with Crippen molar-refractivity contribution in [2.75, 3.05) is 5.32 Å². The summed E-state index contributed by atoms with van der Waals surface area (Å²) in [5, 5.41) is 3.53. The van der Waals surface area contributed by atoms with Gasteiger partial charge in [-0.1, -0.05) is 6.92 Å². The highest BCUT2D eigenvalue weighted by Gasteiger charge is 2.18. The fraction of sp³-hybridized carbons (Fsp3) is 0.500. The molecular weight excluding hydrogens is 226 g/mol. The molecule has 0 spiro atoms. The van der Waals surface area contributed by atoms with Gasteiger partial charge in [-0.3, -0.25) is 0 Å². The van der Waals surface area contributed by atoms with E-state index in [-0.39, 0.29) is 10.8 Å². The van der Waals surface area contributed by atoms with Crippen LogP contribution >= 0.6 is 11.6 Å². The van der Waals surface area contributed by atoms with Crippen LogP contribution in [0.1, 0.15) is 27.2 Å². The molecule has 2 N–H and O–H groups in total. The van der Waals surface area contributed by atoms with E-state index in [4.69, 9.17) is 11.6 Å². The van der Waals surface area contributed by atoms with Gasteiger partial charge in [0.05, 0.1) is 6.33 Å². The normalized spacial score (nSPS) is 12.0. The lowest BCUT2D eigenvalue weighted by Crippen LogP contribution is -2.30. The Labute approximate surface area is 98.7 Å². The van der Waals surface area contributed by atoms with Crippen LogP contribution in [0.5, 0.6) is 0 Å². The molecule has 0 radical (unpaired) electrons. The molecule has 0 unspecified atom stereocenters. The summed E-state index contributed by atoms with van der Waals surface area (Å²) < 4.78 is 0. The number of H-pyrrole nitrogens is 1. The molecule has 0 saturated carbocycles. The average Bonchev–Trinajstić information content (AvgIpc) is 2.65. The quantitative estimate of drug-likeness (QED) is 0.808. The molecule has 5 nitrogen and oxygen atoms in total. The Morgan fingerprint density at radius 3 is 2.88 bits per heavy atom. The largest absolute Gasteiger partial charge is 0.363 e. The van der Waals surface area contributed by atoms with Crippen LogP contribution in [0.4, 0.5) is 5.82 Å². The predicted molar refractivity (Wildman–Crippen MR) is 64.7 cm³/mol. The maximum absolute atomic E-state index is 5.84. The zero-order valence-corrected chi connectivity index (χ0v) is 10.3. The third kappa shape index (κ3) is 2.09. The molecule has 0 aliphatic rings. The van der Waals surface area contributed by atoms with Gasteiger partial charge in [0.1, 0.15) is 5.52 Å². The molecule has 2 rings (SSSR count). The van der Waals surface area contributed by atoms with Crippen molar-refractivity contribution in [2.24, 2.45) is 0 Å². The first-order valence-corrected chi connectivity index (χ1v) is 5.54. The Balaban J connectivity index is 2.47. The second-order valence-electron chi connectivity index (χ2n) is 4.30. The highest BCUT2D eigenvalue weighted by atomic mass is 35.5. The lowest BCUT2D eigenvalue weighted by atomic mass is 10.0. The minimum absolute atomic E-state index is 0.0459. The maximum Gasteiger partial charge on any atom is 0.226 e. The van der Waals surface area contributed by atoms with Crippen LogP contribution in [0.2, 0.25) is 5.28 Å². The highest BCUT2D eigenvalue weighted by Crippen LogP contribution is 2.23. The first-order valence-electron chi connectivity index (χ1n) is 5.16. The molecule has 0 aromatic carbocycles. The molecule has 2 aromatic rings. The highest BCUT2D eigenvalue weighted by molar-refractivity contribution is 6.28. The average molecular weight is 240 g/mol. The molecule has 16 heavy (non-hydrogen) atoms. The first-order chi connectivity index (χ1) is 7.52. The van der Waals surface area contributed by atoms with E-state index in [1.165, 1.54) is 0 Å². The Hall–Kier alpha value is -1.36. The number of imidazole rings is 1. The summed E-state index contributed by atoms with van der Waals surface area (Å²) in [6.07, 6.45) is 2.56. The van der Waals surface area contributed by atoms with Crippen LogP contribution < -0.4 is 5.32 Å². The maximum atomic E-state index is 5.84. The number of aromatic amines is 1. The van der Waals surface area contributed by atoms with Crippen molar-refractivity contribution in [3.8, 4) is 0 Å². The van der Waals surface area contributed by atoms with Crippen LogP contribution in [-0.4, -0.2) is 25.5 Å². The van der Waals surface area contributed by atoms with Gasteiger partial charge in [-0.15, -0.1) is 0 Å². The van der Waals surface area contributed by atoms with Crippen molar-refractivity contribution in [3.63, 3.8) is 0 Å². The molecular formula is C10H14ClN5. The van der Waals surface area contributed by atoms with E-state index in [1.54, 1.807) is 6.33 Å². The lowest BCUT2D eigenvalue weighted by Gasteiger charge is -2.25. The van der Waals surface area contributed by atoms with Crippen LogP contribution in [-0.2, 0) is 0 Å². The Morgan fingerprint density at radius 1 is 1.44 bits per heavy atom. The van der Waals surface area contributed by atoms with Crippen molar-refractivity contribution in [2.45, 2.75) is 32.7 Å². The molecule has 2 aromatic heterocycles. The number of nitrogens with one attached hydrogen (secondary N) is 2. The van der Waals surface area contributed by atoms with Crippen LogP contribution in [0.15, 0.2) is 6.33 Å². The van der Waals surface area contributed by atoms with E-state index in [2.05, 4.69) is 46.0 Å². The van der Waals surface area contributed by atoms with Gasteiger partial charge in [-0.05, 0) is 31.9 Å². The summed E-state index contributed by atoms with van der Waals surface area (Å²) in [7, 11) is 0. The van der Waals surface area contributed by atoms with Crippen molar-refractivity contribution in [3.05, 3.63) is 11.6 Å². The van der Waals surface area contributed by atoms with Crippen LogP contribution in [0.3, 0.4) is 0 Å². The van der Waals surface area contributed by atoms with E-state index in [9.17, 15) is 0 Å². The summed E-state index contributed by atoms with van der Waals surface area (Å²) in [5.41, 5.74) is 1.32. The third-order valence-electron chi connectivity index (χ3n) is 2.60. The van der Waals surface area contributed by atoms with Crippen molar-refractivity contribution < 1.29 is 0 Å². The monoisotopic (exact) mass is 239 g/mol. The number of hydrogen-bond acceptors (Lipinski definition) is 4. The third-order valence-corrected chi connectivity index (χ3v) is 2.77. The molecule has 0 fully saturated rings. The Morgan fingerprint density at radius 2 is 2.19 bits per heavy atom. The van der Waals surface area contributed by atoms with Gasteiger partial charge < -0.3 is 10.3 Å². The number of aromatic nitrogens is 4. The zero-order chi connectivity index (χ0) is 11.8. The fourth-order valence-electron chi connectivity index (χ4n) is 1.31. The van der Waals surface area contributed by atoms with Crippen molar-refractivity contribution in [1.82, 2.24) is 19.9 Å². The second kappa shape index (κ2) is 3.90. The molecule has 0 aliphatic carbocycles. The number of halogens is 1.